The summed E-state index contributed by atoms with van der Waals surface area (Å²) in [6.07, 6.45) is 6.50. The van der Waals surface area contributed by atoms with Gasteiger partial charge in [0.1, 0.15) is 0 Å². The van der Waals surface area contributed by atoms with E-state index < -0.39 is 0 Å². The molecule has 0 aliphatic carbocycles. The molecular formula is C14H20N4O. The molecular weight excluding hydrogens is 240 g/mol. The summed E-state index contributed by atoms with van der Waals surface area (Å²) in [5.41, 5.74) is 3.18. The lowest BCUT2D eigenvalue weighted by molar-refractivity contribution is 0.190. The number of rotatable bonds is 7. The highest BCUT2D eigenvalue weighted by Crippen LogP contribution is 2.21. The van der Waals surface area contributed by atoms with Gasteiger partial charge >= 0.3 is 0 Å². The number of nitrogens with zero attached hydrogens (tertiary/aromatic N) is 3. The van der Waals surface area contributed by atoms with Crippen LogP contribution in [0.25, 0.3) is 11.3 Å². The molecule has 5 nitrogen and oxygen atoms in total. The first kappa shape index (κ1) is 13.7. The quantitative estimate of drug-likeness (QED) is 0.795. The Kier molecular flexibility index (Phi) is 5.06. The second-order valence-electron chi connectivity index (χ2n) is 4.51. The van der Waals surface area contributed by atoms with Gasteiger partial charge in [-0.2, -0.15) is 5.10 Å². The maximum Gasteiger partial charge on any atom is 0.0710 e. The van der Waals surface area contributed by atoms with Gasteiger partial charge in [-0.1, -0.05) is 6.92 Å². The summed E-state index contributed by atoms with van der Waals surface area (Å²) in [5, 5.41) is 16.3. The lowest BCUT2D eigenvalue weighted by Gasteiger charge is -2.20. The number of aliphatic hydroxyl groups excluding tert-OH is 1. The maximum absolute atomic E-state index is 9.10. The predicted octanol–water partition coefficient (Wildman–Crippen LogP) is 1.68. The average molecular weight is 260 g/mol. The number of H-pyrrole nitrogens is 1. The molecule has 0 unspecified atom stereocenters. The van der Waals surface area contributed by atoms with Gasteiger partial charge in [-0.25, -0.2) is 0 Å². The summed E-state index contributed by atoms with van der Waals surface area (Å²) in [7, 11) is 0. The first-order valence-corrected chi connectivity index (χ1v) is 6.61. The lowest BCUT2D eigenvalue weighted by Crippen LogP contribution is -2.27. The highest BCUT2D eigenvalue weighted by atomic mass is 16.3. The summed E-state index contributed by atoms with van der Waals surface area (Å²) in [4.78, 5) is 6.36. The third kappa shape index (κ3) is 3.62. The highest BCUT2D eigenvalue weighted by molar-refractivity contribution is 5.61. The predicted molar refractivity (Wildman–Crippen MR) is 74.5 cm³/mol. The SMILES string of the molecule is CCCN(CCO)Cc1cn[nH]c1-c1cccnc1. The van der Waals surface area contributed by atoms with Gasteiger partial charge in [-0.05, 0) is 25.1 Å². The summed E-state index contributed by atoms with van der Waals surface area (Å²) >= 11 is 0. The normalized spacial score (nSPS) is 11.1. The Labute approximate surface area is 113 Å². The minimum absolute atomic E-state index is 0.181. The second kappa shape index (κ2) is 7.01. The van der Waals surface area contributed by atoms with Crippen molar-refractivity contribution >= 4 is 0 Å². The molecule has 0 fully saturated rings. The van der Waals surface area contributed by atoms with E-state index >= 15 is 0 Å². The van der Waals surface area contributed by atoms with Crippen LogP contribution in [0.3, 0.4) is 0 Å². The number of hydrogen-bond acceptors (Lipinski definition) is 4. The molecule has 0 aliphatic rings. The van der Waals surface area contributed by atoms with Crippen molar-refractivity contribution in [2.45, 2.75) is 19.9 Å². The van der Waals surface area contributed by atoms with E-state index in [-0.39, 0.29) is 6.61 Å². The lowest BCUT2D eigenvalue weighted by atomic mass is 10.1. The zero-order valence-corrected chi connectivity index (χ0v) is 11.2. The average Bonchev–Trinajstić information content (AvgIpc) is 2.88. The van der Waals surface area contributed by atoms with Gasteiger partial charge in [0.2, 0.25) is 0 Å². The molecule has 102 valence electrons. The van der Waals surface area contributed by atoms with Gasteiger partial charge in [-0.3, -0.25) is 15.0 Å². The van der Waals surface area contributed by atoms with Crippen molar-refractivity contribution in [1.29, 1.82) is 0 Å². The first-order valence-electron chi connectivity index (χ1n) is 6.61. The van der Waals surface area contributed by atoms with E-state index in [4.69, 9.17) is 5.11 Å². The van der Waals surface area contributed by atoms with Crippen molar-refractivity contribution in [3.05, 3.63) is 36.3 Å². The molecule has 0 amide bonds. The Morgan fingerprint density at radius 3 is 2.89 bits per heavy atom. The van der Waals surface area contributed by atoms with Crippen LogP contribution in [0.15, 0.2) is 30.7 Å². The van der Waals surface area contributed by atoms with E-state index in [0.717, 1.165) is 36.3 Å². The number of nitrogens with one attached hydrogen (secondary N) is 1. The molecule has 2 N–H and O–H groups in total. The smallest absolute Gasteiger partial charge is 0.0710 e. The first-order chi connectivity index (χ1) is 9.35. The summed E-state index contributed by atoms with van der Waals surface area (Å²) < 4.78 is 0. The van der Waals surface area contributed by atoms with Gasteiger partial charge in [0, 0.05) is 36.6 Å². The van der Waals surface area contributed by atoms with Crippen molar-refractivity contribution in [2.75, 3.05) is 19.7 Å². The molecule has 2 aromatic heterocycles. The third-order valence-corrected chi connectivity index (χ3v) is 3.02. The molecule has 0 aliphatic heterocycles. The summed E-state index contributed by atoms with van der Waals surface area (Å²) in [6, 6.07) is 3.93. The fourth-order valence-electron chi connectivity index (χ4n) is 2.16. The zero-order valence-electron chi connectivity index (χ0n) is 11.2. The van der Waals surface area contributed by atoms with Crippen LogP contribution < -0.4 is 0 Å². The molecule has 0 aromatic carbocycles. The van der Waals surface area contributed by atoms with Crippen LogP contribution in [0.1, 0.15) is 18.9 Å². The largest absolute Gasteiger partial charge is 0.395 e. The monoisotopic (exact) mass is 260 g/mol. The Balaban J connectivity index is 2.15. The topological polar surface area (TPSA) is 65.0 Å². The number of aliphatic hydroxyl groups is 1. The van der Waals surface area contributed by atoms with Crippen molar-refractivity contribution in [2.24, 2.45) is 0 Å². The molecule has 2 heterocycles. The number of hydrogen-bond donors (Lipinski definition) is 2. The standard InChI is InChI=1S/C14H20N4O/c1-2-6-18(7-8-19)11-13-10-16-17-14(13)12-4-3-5-15-9-12/h3-5,9-10,19H,2,6-8,11H2,1H3,(H,16,17). The number of aromatic amines is 1. The minimum Gasteiger partial charge on any atom is -0.395 e. The summed E-state index contributed by atoms with van der Waals surface area (Å²) in [5.74, 6) is 0. The van der Waals surface area contributed by atoms with E-state index in [1.165, 1.54) is 0 Å². The van der Waals surface area contributed by atoms with Gasteiger partial charge in [0.25, 0.3) is 0 Å². The third-order valence-electron chi connectivity index (χ3n) is 3.02. The molecule has 0 radical (unpaired) electrons. The van der Waals surface area contributed by atoms with Crippen LogP contribution in [-0.4, -0.2) is 44.9 Å². The molecule has 0 saturated heterocycles. The minimum atomic E-state index is 0.181. The van der Waals surface area contributed by atoms with Gasteiger partial charge < -0.3 is 5.11 Å². The fourth-order valence-corrected chi connectivity index (χ4v) is 2.16. The van der Waals surface area contributed by atoms with Crippen molar-refractivity contribution < 1.29 is 5.11 Å². The van der Waals surface area contributed by atoms with Crippen molar-refractivity contribution in [3.8, 4) is 11.3 Å². The molecule has 2 aromatic rings. The highest BCUT2D eigenvalue weighted by Gasteiger charge is 2.11. The van der Waals surface area contributed by atoms with Crippen LogP contribution in [0.5, 0.6) is 0 Å². The van der Waals surface area contributed by atoms with E-state index in [2.05, 4.69) is 27.0 Å². The van der Waals surface area contributed by atoms with Crippen LogP contribution in [0.2, 0.25) is 0 Å². The van der Waals surface area contributed by atoms with E-state index in [9.17, 15) is 0 Å². The van der Waals surface area contributed by atoms with E-state index in [1.54, 1.807) is 6.20 Å². The Morgan fingerprint density at radius 2 is 2.21 bits per heavy atom. The molecule has 2 rings (SSSR count). The van der Waals surface area contributed by atoms with Gasteiger partial charge in [0.15, 0.2) is 0 Å². The van der Waals surface area contributed by atoms with Crippen LogP contribution in [0, 0.1) is 0 Å². The maximum atomic E-state index is 9.10. The molecule has 19 heavy (non-hydrogen) atoms. The summed E-state index contributed by atoms with van der Waals surface area (Å²) in [6.45, 7) is 4.76. The van der Waals surface area contributed by atoms with Crippen LogP contribution >= 0.6 is 0 Å². The Hall–Kier alpha value is -1.72. The second-order valence-corrected chi connectivity index (χ2v) is 4.51. The van der Waals surface area contributed by atoms with E-state index in [0.29, 0.717) is 6.54 Å². The zero-order chi connectivity index (χ0) is 13.5. The molecule has 0 bridgehead atoms. The van der Waals surface area contributed by atoms with E-state index in [1.807, 2.05) is 24.5 Å². The Morgan fingerprint density at radius 1 is 1.32 bits per heavy atom. The molecule has 0 atom stereocenters. The molecule has 5 heteroatoms. The number of aromatic nitrogens is 3. The Bertz CT molecular complexity index is 477. The number of pyridine rings is 1. The van der Waals surface area contributed by atoms with Gasteiger partial charge in [0.05, 0.1) is 18.5 Å². The molecule has 0 saturated carbocycles. The van der Waals surface area contributed by atoms with Crippen LogP contribution in [0.4, 0.5) is 0 Å². The van der Waals surface area contributed by atoms with Crippen LogP contribution in [-0.2, 0) is 6.54 Å². The van der Waals surface area contributed by atoms with Crippen molar-refractivity contribution in [3.63, 3.8) is 0 Å². The fraction of sp³-hybridized carbons (Fsp3) is 0.429. The van der Waals surface area contributed by atoms with Crippen molar-refractivity contribution in [1.82, 2.24) is 20.1 Å². The molecule has 0 spiro atoms. The van der Waals surface area contributed by atoms with Gasteiger partial charge in [-0.15, -0.1) is 0 Å².